The molecule has 1 saturated heterocycles. The highest BCUT2D eigenvalue weighted by Crippen LogP contribution is 2.28. The van der Waals surface area contributed by atoms with Crippen molar-refractivity contribution < 1.29 is 14.1 Å². The van der Waals surface area contributed by atoms with Gasteiger partial charge in [0.1, 0.15) is 11.4 Å². The van der Waals surface area contributed by atoms with Gasteiger partial charge in [0.2, 0.25) is 5.91 Å². The van der Waals surface area contributed by atoms with E-state index < -0.39 is 0 Å². The molecule has 6 heteroatoms. The number of aromatic nitrogens is 1. The number of benzene rings is 1. The minimum absolute atomic E-state index is 0.0251. The van der Waals surface area contributed by atoms with E-state index in [1.54, 1.807) is 7.11 Å². The van der Waals surface area contributed by atoms with Gasteiger partial charge in [-0.1, -0.05) is 30.1 Å². The van der Waals surface area contributed by atoms with E-state index in [0.717, 1.165) is 24.4 Å². The molecule has 25 heavy (non-hydrogen) atoms. The fraction of sp³-hybridized carbons (Fsp3) is 0.474. The van der Waals surface area contributed by atoms with Crippen LogP contribution in [0.1, 0.15) is 31.4 Å². The monoisotopic (exact) mass is 343 g/mol. The molecule has 1 aliphatic heterocycles. The van der Waals surface area contributed by atoms with Crippen molar-refractivity contribution in [2.24, 2.45) is 0 Å². The minimum atomic E-state index is 0.0251. The van der Waals surface area contributed by atoms with Crippen LogP contribution in [0.4, 0.5) is 0 Å². The van der Waals surface area contributed by atoms with Crippen molar-refractivity contribution in [3.63, 3.8) is 0 Å². The molecule has 0 unspecified atom stereocenters. The number of nitrogens with one attached hydrogen (secondary N) is 1. The number of amides is 1. The van der Waals surface area contributed by atoms with Crippen molar-refractivity contribution in [3.05, 3.63) is 36.1 Å². The molecule has 1 aromatic heterocycles. The molecule has 3 rings (SSSR count). The van der Waals surface area contributed by atoms with Gasteiger partial charge in [-0.05, 0) is 38.1 Å². The van der Waals surface area contributed by atoms with E-state index in [2.05, 4.69) is 15.4 Å². The fourth-order valence-electron chi connectivity index (χ4n) is 3.12. The molecule has 1 fully saturated rings. The molecule has 0 bridgehead atoms. The largest absolute Gasteiger partial charge is 0.496 e. The highest BCUT2D eigenvalue weighted by atomic mass is 16.5. The Morgan fingerprint density at radius 2 is 2.00 bits per heavy atom. The van der Waals surface area contributed by atoms with Crippen LogP contribution in [0.15, 0.2) is 34.9 Å². The van der Waals surface area contributed by atoms with Crippen LogP contribution in [-0.2, 0) is 11.3 Å². The van der Waals surface area contributed by atoms with Crippen molar-refractivity contribution >= 4 is 5.91 Å². The molecule has 0 atom stereocenters. The number of carbonyl (C=O) groups is 1. The molecule has 6 nitrogen and oxygen atoms in total. The van der Waals surface area contributed by atoms with Gasteiger partial charge in [-0.3, -0.25) is 9.69 Å². The number of hydrogen-bond acceptors (Lipinski definition) is 5. The summed E-state index contributed by atoms with van der Waals surface area (Å²) in [4.78, 5) is 14.4. The third-order valence-electron chi connectivity index (χ3n) is 4.47. The number of carbonyl (C=O) groups excluding carboxylic acids is 1. The zero-order valence-electron chi connectivity index (χ0n) is 14.7. The number of ether oxygens (including phenoxy) is 1. The van der Waals surface area contributed by atoms with E-state index in [4.69, 9.17) is 9.26 Å². The summed E-state index contributed by atoms with van der Waals surface area (Å²) in [5, 5.41) is 7.00. The molecule has 2 heterocycles. The predicted octanol–water partition coefficient (Wildman–Crippen LogP) is 2.84. The van der Waals surface area contributed by atoms with Gasteiger partial charge in [0, 0.05) is 11.6 Å². The second-order valence-corrected chi connectivity index (χ2v) is 6.35. The zero-order valence-corrected chi connectivity index (χ0v) is 14.7. The van der Waals surface area contributed by atoms with E-state index in [9.17, 15) is 4.79 Å². The Morgan fingerprint density at radius 3 is 2.76 bits per heavy atom. The van der Waals surface area contributed by atoms with Crippen LogP contribution in [0.2, 0.25) is 0 Å². The number of rotatable bonds is 6. The Labute approximate surface area is 148 Å². The fourth-order valence-corrected chi connectivity index (χ4v) is 3.12. The van der Waals surface area contributed by atoms with Gasteiger partial charge in [0.05, 0.1) is 20.2 Å². The standard InChI is InChI=1S/C19H25N3O3/c1-24-18-9-5-4-8-16(18)17-12-15(25-21-17)13-20-19(23)14-22-10-6-2-3-7-11-22/h4-5,8-9,12H,2-3,6-7,10-11,13-14H2,1H3,(H,20,23). The minimum Gasteiger partial charge on any atom is -0.496 e. The van der Waals surface area contributed by atoms with Crippen LogP contribution in [0.5, 0.6) is 5.75 Å². The summed E-state index contributed by atoms with van der Waals surface area (Å²) in [6, 6.07) is 9.48. The Kier molecular flexibility index (Phi) is 6.06. The normalized spacial score (nSPS) is 15.6. The number of methoxy groups -OCH3 is 1. The lowest BCUT2D eigenvalue weighted by molar-refractivity contribution is -0.122. The molecular weight excluding hydrogens is 318 g/mol. The topological polar surface area (TPSA) is 67.6 Å². The highest BCUT2D eigenvalue weighted by Gasteiger charge is 2.14. The number of likely N-dealkylation sites (tertiary alicyclic amines) is 1. The highest BCUT2D eigenvalue weighted by molar-refractivity contribution is 5.78. The van der Waals surface area contributed by atoms with Crippen molar-refractivity contribution in [3.8, 4) is 17.0 Å². The second kappa shape index (κ2) is 8.67. The van der Waals surface area contributed by atoms with Crippen molar-refractivity contribution in [1.29, 1.82) is 0 Å². The lowest BCUT2D eigenvalue weighted by atomic mass is 10.1. The SMILES string of the molecule is COc1ccccc1-c1cc(CNC(=O)CN2CCCCCC2)on1. The van der Waals surface area contributed by atoms with Crippen LogP contribution >= 0.6 is 0 Å². The Hall–Kier alpha value is -2.34. The molecule has 0 aliphatic carbocycles. The quantitative estimate of drug-likeness (QED) is 0.873. The van der Waals surface area contributed by atoms with E-state index in [0.29, 0.717) is 24.5 Å². The molecule has 1 N–H and O–H groups in total. The first-order valence-electron chi connectivity index (χ1n) is 8.84. The van der Waals surface area contributed by atoms with Crippen LogP contribution in [-0.4, -0.2) is 42.7 Å². The van der Waals surface area contributed by atoms with Crippen molar-refractivity contribution in [1.82, 2.24) is 15.4 Å². The van der Waals surface area contributed by atoms with E-state index in [-0.39, 0.29) is 5.91 Å². The molecule has 1 amide bonds. The molecule has 1 aliphatic rings. The molecule has 0 spiro atoms. The Bertz CT molecular complexity index is 691. The Balaban J connectivity index is 1.54. The van der Waals surface area contributed by atoms with Gasteiger partial charge in [-0.2, -0.15) is 0 Å². The lowest BCUT2D eigenvalue weighted by Crippen LogP contribution is -2.37. The lowest BCUT2D eigenvalue weighted by Gasteiger charge is -2.18. The molecule has 1 aromatic carbocycles. The maximum absolute atomic E-state index is 12.1. The summed E-state index contributed by atoms with van der Waals surface area (Å²) in [6.45, 7) is 2.81. The molecule has 2 aromatic rings. The number of para-hydroxylation sites is 1. The predicted molar refractivity (Wildman–Crippen MR) is 95.2 cm³/mol. The molecule has 0 radical (unpaired) electrons. The van der Waals surface area contributed by atoms with Crippen molar-refractivity contribution in [2.45, 2.75) is 32.2 Å². The summed E-state index contributed by atoms with van der Waals surface area (Å²) in [5.74, 6) is 1.40. The van der Waals surface area contributed by atoms with E-state index in [1.807, 2.05) is 30.3 Å². The molecule has 0 saturated carbocycles. The van der Waals surface area contributed by atoms with Gasteiger partial charge in [0.25, 0.3) is 0 Å². The third-order valence-corrected chi connectivity index (χ3v) is 4.47. The zero-order chi connectivity index (χ0) is 17.5. The van der Waals surface area contributed by atoms with Gasteiger partial charge in [-0.25, -0.2) is 0 Å². The summed E-state index contributed by atoms with van der Waals surface area (Å²) in [5.41, 5.74) is 1.57. The average Bonchev–Trinajstić information content (AvgIpc) is 2.97. The summed E-state index contributed by atoms with van der Waals surface area (Å²) < 4.78 is 10.7. The van der Waals surface area contributed by atoms with Crippen LogP contribution < -0.4 is 10.1 Å². The third kappa shape index (κ3) is 4.82. The van der Waals surface area contributed by atoms with Crippen molar-refractivity contribution in [2.75, 3.05) is 26.7 Å². The smallest absolute Gasteiger partial charge is 0.234 e. The molecular formula is C19H25N3O3. The van der Waals surface area contributed by atoms with E-state index in [1.165, 1.54) is 25.7 Å². The van der Waals surface area contributed by atoms with Crippen LogP contribution in [0.25, 0.3) is 11.3 Å². The van der Waals surface area contributed by atoms with Gasteiger partial charge >= 0.3 is 0 Å². The van der Waals surface area contributed by atoms with Gasteiger partial charge < -0.3 is 14.6 Å². The van der Waals surface area contributed by atoms with E-state index >= 15 is 0 Å². The second-order valence-electron chi connectivity index (χ2n) is 6.35. The molecule has 134 valence electrons. The first-order valence-corrected chi connectivity index (χ1v) is 8.84. The van der Waals surface area contributed by atoms with Crippen LogP contribution in [0.3, 0.4) is 0 Å². The Morgan fingerprint density at radius 1 is 1.24 bits per heavy atom. The maximum atomic E-state index is 12.1. The number of hydrogen-bond donors (Lipinski definition) is 1. The van der Waals surface area contributed by atoms with Crippen LogP contribution in [0, 0.1) is 0 Å². The number of nitrogens with zero attached hydrogens (tertiary/aromatic N) is 2. The maximum Gasteiger partial charge on any atom is 0.234 e. The van der Waals surface area contributed by atoms with Gasteiger partial charge in [-0.15, -0.1) is 0 Å². The summed E-state index contributed by atoms with van der Waals surface area (Å²) in [7, 11) is 1.63. The first-order chi connectivity index (χ1) is 12.3. The summed E-state index contributed by atoms with van der Waals surface area (Å²) in [6.07, 6.45) is 4.89. The summed E-state index contributed by atoms with van der Waals surface area (Å²) >= 11 is 0. The average molecular weight is 343 g/mol. The van der Waals surface area contributed by atoms with Gasteiger partial charge in [0.15, 0.2) is 5.76 Å². The first kappa shape index (κ1) is 17.5.